The minimum Gasteiger partial charge on any atom is -0.346 e. The maximum Gasteiger partial charge on any atom is 0.231 e. The van der Waals surface area contributed by atoms with E-state index in [1.807, 2.05) is 54.8 Å². The summed E-state index contributed by atoms with van der Waals surface area (Å²) < 4.78 is 1.98. The summed E-state index contributed by atoms with van der Waals surface area (Å²) >= 11 is 6.18. The number of pyridine rings is 1. The Kier molecular flexibility index (Phi) is 3.96. The Morgan fingerprint density at radius 1 is 1.30 bits per heavy atom. The van der Waals surface area contributed by atoms with Gasteiger partial charge in [0.1, 0.15) is 5.65 Å². The average Bonchev–Trinajstić information content (AvgIpc) is 2.95. The number of aromatic nitrogens is 2. The predicted molar refractivity (Wildman–Crippen MR) is 106 cm³/mol. The SMILES string of the molecule is Cc1nc2ccc(Cl)cn2c1-c1cccc([C@]2(C)CC(=O)N(C)C(=N)N2)c1. The molecule has 2 N–H and O–H groups in total. The first-order chi connectivity index (χ1) is 12.8. The van der Waals surface area contributed by atoms with Crippen LogP contribution < -0.4 is 5.32 Å². The smallest absolute Gasteiger partial charge is 0.231 e. The fraction of sp³-hybridized carbons (Fsp3) is 0.250. The molecule has 0 unspecified atom stereocenters. The zero-order valence-electron chi connectivity index (χ0n) is 15.4. The lowest BCUT2D eigenvalue weighted by atomic mass is 9.85. The van der Waals surface area contributed by atoms with E-state index in [0.29, 0.717) is 5.02 Å². The zero-order valence-corrected chi connectivity index (χ0v) is 16.1. The molecule has 1 aromatic carbocycles. The maximum absolute atomic E-state index is 12.3. The van der Waals surface area contributed by atoms with Crippen molar-refractivity contribution in [1.82, 2.24) is 19.6 Å². The van der Waals surface area contributed by atoms with Crippen molar-refractivity contribution in [2.24, 2.45) is 0 Å². The van der Waals surface area contributed by atoms with Gasteiger partial charge in [-0.15, -0.1) is 0 Å². The molecular weight excluding hydrogens is 362 g/mol. The van der Waals surface area contributed by atoms with Gasteiger partial charge < -0.3 is 5.32 Å². The normalized spacial score (nSPS) is 20.2. The van der Waals surface area contributed by atoms with Crippen LogP contribution in [0, 0.1) is 12.3 Å². The van der Waals surface area contributed by atoms with E-state index in [4.69, 9.17) is 17.0 Å². The van der Waals surface area contributed by atoms with Gasteiger partial charge in [0.2, 0.25) is 5.91 Å². The number of guanidine groups is 1. The van der Waals surface area contributed by atoms with Crippen molar-refractivity contribution in [3.8, 4) is 11.3 Å². The largest absolute Gasteiger partial charge is 0.346 e. The average molecular weight is 382 g/mol. The number of amides is 1. The highest BCUT2D eigenvalue weighted by molar-refractivity contribution is 6.30. The number of rotatable bonds is 2. The summed E-state index contributed by atoms with van der Waals surface area (Å²) in [4.78, 5) is 18.2. The summed E-state index contributed by atoms with van der Waals surface area (Å²) in [6.45, 7) is 3.92. The van der Waals surface area contributed by atoms with Gasteiger partial charge in [0.15, 0.2) is 5.96 Å². The lowest BCUT2D eigenvalue weighted by molar-refractivity contribution is -0.129. The summed E-state index contributed by atoms with van der Waals surface area (Å²) in [6, 6.07) is 11.7. The molecule has 4 rings (SSSR count). The van der Waals surface area contributed by atoms with E-state index in [2.05, 4.69) is 16.4 Å². The molecule has 1 fully saturated rings. The van der Waals surface area contributed by atoms with E-state index >= 15 is 0 Å². The molecule has 3 heterocycles. The Labute approximate surface area is 162 Å². The number of hydrogen-bond acceptors (Lipinski definition) is 3. The van der Waals surface area contributed by atoms with Crippen LogP contribution in [0.15, 0.2) is 42.6 Å². The van der Waals surface area contributed by atoms with Crippen LogP contribution in [0.25, 0.3) is 16.9 Å². The van der Waals surface area contributed by atoms with Crippen LogP contribution in [0.4, 0.5) is 0 Å². The van der Waals surface area contributed by atoms with Crippen LogP contribution in [-0.4, -0.2) is 33.2 Å². The Morgan fingerprint density at radius 2 is 2.07 bits per heavy atom. The number of hydrogen-bond donors (Lipinski definition) is 2. The minimum atomic E-state index is -0.636. The van der Waals surface area contributed by atoms with Crippen LogP contribution in [0.2, 0.25) is 5.02 Å². The molecule has 0 radical (unpaired) electrons. The molecule has 0 spiro atoms. The monoisotopic (exact) mass is 381 g/mol. The van der Waals surface area contributed by atoms with E-state index in [1.165, 1.54) is 4.90 Å². The Morgan fingerprint density at radius 3 is 2.81 bits per heavy atom. The molecule has 1 aliphatic rings. The predicted octanol–water partition coefficient (Wildman–Crippen LogP) is 3.56. The highest BCUT2D eigenvalue weighted by atomic mass is 35.5. The molecule has 6 nitrogen and oxygen atoms in total. The minimum absolute atomic E-state index is 0.0792. The van der Waals surface area contributed by atoms with Gasteiger partial charge in [-0.2, -0.15) is 0 Å². The third kappa shape index (κ3) is 2.86. The van der Waals surface area contributed by atoms with Gasteiger partial charge in [0.05, 0.1) is 28.4 Å². The molecular formula is C20H20ClN5O. The number of carbonyl (C=O) groups is 1. The summed E-state index contributed by atoms with van der Waals surface area (Å²) in [6.07, 6.45) is 2.14. The Bertz CT molecular complexity index is 1070. The van der Waals surface area contributed by atoms with Crippen LogP contribution in [0.3, 0.4) is 0 Å². The lowest BCUT2D eigenvalue weighted by Gasteiger charge is -2.39. The van der Waals surface area contributed by atoms with E-state index in [-0.39, 0.29) is 18.3 Å². The highest BCUT2D eigenvalue weighted by Gasteiger charge is 2.38. The number of nitrogens with one attached hydrogen (secondary N) is 2. The van der Waals surface area contributed by atoms with E-state index in [0.717, 1.165) is 28.2 Å². The summed E-state index contributed by atoms with van der Waals surface area (Å²) in [5, 5.41) is 11.9. The fourth-order valence-corrected chi connectivity index (χ4v) is 3.76. The molecule has 0 bridgehead atoms. The highest BCUT2D eigenvalue weighted by Crippen LogP contribution is 2.33. The molecule has 1 atom stereocenters. The van der Waals surface area contributed by atoms with Crippen molar-refractivity contribution in [3.63, 3.8) is 0 Å². The van der Waals surface area contributed by atoms with Gasteiger partial charge in [-0.25, -0.2) is 4.98 Å². The third-order valence-corrected chi connectivity index (χ3v) is 5.36. The molecule has 2 aromatic heterocycles. The van der Waals surface area contributed by atoms with Gasteiger partial charge in [0.25, 0.3) is 0 Å². The molecule has 1 aliphatic heterocycles. The topological polar surface area (TPSA) is 73.5 Å². The quantitative estimate of drug-likeness (QED) is 0.712. The van der Waals surface area contributed by atoms with E-state index in [9.17, 15) is 4.79 Å². The molecule has 0 aliphatic carbocycles. The van der Waals surface area contributed by atoms with Crippen molar-refractivity contribution in [3.05, 3.63) is 58.9 Å². The summed E-state index contributed by atoms with van der Waals surface area (Å²) in [5.74, 6) is 0.0290. The van der Waals surface area contributed by atoms with Gasteiger partial charge in [-0.05, 0) is 37.6 Å². The second kappa shape index (κ2) is 6.09. The first-order valence-electron chi connectivity index (χ1n) is 8.67. The second-order valence-corrected chi connectivity index (χ2v) is 7.57. The molecule has 3 aromatic rings. The number of nitrogens with zero attached hydrogens (tertiary/aromatic N) is 3. The van der Waals surface area contributed by atoms with Crippen molar-refractivity contribution >= 4 is 29.1 Å². The number of halogens is 1. The van der Waals surface area contributed by atoms with Crippen molar-refractivity contribution < 1.29 is 4.79 Å². The number of carbonyl (C=O) groups excluding carboxylic acids is 1. The number of aryl methyl sites for hydroxylation is 1. The molecule has 0 saturated carbocycles. The van der Waals surface area contributed by atoms with Gasteiger partial charge in [0, 0.05) is 18.8 Å². The van der Waals surface area contributed by atoms with Crippen LogP contribution in [0.1, 0.15) is 24.6 Å². The third-order valence-electron chi connectivity index (χ3n) is 5.14. The first kappa shape index (κ1) is 17.5. The number of fused-ring (bicyclic) bond motifs is 1. The van der Waals surface area contributed by atoms with Gasteiger partial charge >= 0.3 is 0 Å². The van der Waals surface area contributed by atoms with E-state index < -0.39 is 5.54 Å². The van der Waals surface area contributed by atoms with Gasteiger partial charge in [-0.3, -0.25) is 19.5 Å². The van der Waals surface area contributed by atoms with Gasteiger partial charge in [-0.1, -0.05) is 29.8 Å². The first-order valence-corrected chi connectivity index (χ1v) is 9.05. The van der Waals surface area contributed by atoms with Crippen molar-refractivity contribution in [1.29, 1.82) is 5.41 Å². The van der Waals surface area contributed by atoms with Crippen LogP contribution >= 0.6 is 11.6 Å². The standard InChI is InChI=1S/C20H20ClN5O/c1-12-18(26-11-15(21)7-8-16(26)23-12)13-5-4-6-14(9-13)20(2)10-17(27)25(3)19(22)24-20/h4-9,11H,10H2,1-3H3,(H2,22,24)/t20-/m0/s1. The van der Waals surface area contributed by atoms with Crippen LogP contribution in [0.5, 0.6) is 0 Å². The zero-order chi connectivity index (χ0) is 19.3. The molecule has 7 heteroatoms. The Hall–Kier alpha value is -2.86. The van der Waals surface area contributed by atoms with Crippen molar-refractivity contribution in [2.75, 3.05) is 7.05 Å². The Balaban J connectivity index is 1.83. The molecule has 1 amide bonds. The number of benzene rings is 1. The maximum atomic E-state index is 12.3. The summed E-state index contributed by atoms with van der Waals surface area (Å²) in [7, 11) is 1.61. The van der Waals surface area contributed by atoms with E-state index in [1.54, 1.807) is 7.05 Å². The number of imidazole rings is 1. The fourth-order valence-electron chi connectivity index (χ4n) is 3.60. The van der Waals surface area contributed by atoms with Crippen molar-refractivity contribution in [2.45, 2.75) is 25.8 Å². The molecule has 1 saturated heterocycles. The summed E-state index contributed by atoms with van der Waals surface area (Å²) in [5.41, 5.74) is 4.00. The second-order valence-electron chi connectivity index (χ2n) is 7.14. The lowest BCUT2D eigenvalue weighted by Crippen LogP contribution is -2.58. The molecule has 27 heavy (non-hydrogen) atoms. The van der Waals surface area contributed by atoms with Crippen LogP contribution in [-0.2, 0) is 10.3 Å². The molecule has 138 valence electrons.